The van der Waals surface area contributed by atoms with Gasteiger partial charge in [-0.25, -0.2) is 0 Å². The average molecular weight is 273 g/mol. The van der Waals surface area contributed by atoms with Crippen LogP contribution in [0, 0.1) is 5.92 Å². The maximum atomic E-state index is 12.1. The summed E-state index contributed by atoms with van der Waals surface area (Å²) in [5.41, 5.74) is 1.01. The number of hydrogen-bond donors (Lipinski definition) is 3. The van der Waals surface area contributed by atoms with Gasteiger partial charge in [0, 0.05) is 13.1 Å². The summed E-state index contributed by atoms with van der Waals surface area (Å²) in [6, 6.07) is 7.01. The Morgan fingerprint density at radius 3 is 2.90 bits per heavy atom. The van der Waals surface area contributed by atoms with E-state index in [1.165, 1.54) is 0 Å². The molecule has 1 unspecified atom stereocenters. The van der Waals surface area contributed by atoms with E-state index < -0.39 is 0 Å². The number of hydrogen-bond acceptors (Lipinski definition) is 3. The van der Waals surface area contributed by atoms with Gasteiger partial charge in [-0.3, -0.25) is 9.59 Å². The van der Waals surface area contributed by atoms with E-state index in [0.717, 1.165) is 13.0 Å². The molecule has 1 aromatic carbocycles. The van der Waals surface area contributed by atoms with Gasteiger partial charge < -0.3 is 16.0 Å². The first-order valence-electron chi connectivity index (χ1n) is 6.72. The Balaban J connectivity index is 2.08. The van der Waals surface area contributed by atoms with Gasteiger partial charge in [0.15, 0.2) is 0 Å². The summed E-state index contributed by atoms with van der Waals surface area (Å²) >= 11 is 0. The first-order chi connectivity index (χ1) is 9.72. The molecule has 2 amide bonds. The highest BCUT2D eigenvalue weighted by Gasteiger charge is 2.23. The molecule has 1 heterocycles. The van der Waals surface area contributed by atoms with Crippen molar-refractivity contribution in [3.05, 3.63) is 42.5 Å². The van der Waals surface area contributed by atoms with Gasteiger partial charge >= 0.3 is 0 Å². The highest BCUT2D eigenvalue weighted by molar-refractivity contribution is 6.04. The van der Waals surface area contributed by atoms with Crippen LogP contribution in [0.2, 0.25) is 0 Å². The van der Waals surface area contributed by atoms with Crippen LogP contribution in [0.4, 0.5) is 5.69 Å². The molecular weight excluding hydrogens is 254 g/mol. The number of amides is 2. The van der Waals surface area contributed by atoms with E-state index >= 15 is 0 Å². The third-order valence-electron chi connectivity index (χ3n) is 3.27. The zero-order valence-corrected chi connectivity index (χ0v) is 11.3. The second-order valence-corrected chi connectivity index (χ2v) is 4.72. The Bertz CT molecular complexity index is 508. The molecule has 5 nitrogen and oxygen atoms in total. The van der Waals surface area contributed by atoms with Crippen molar-refractivity contribution in [1.29, 1.82) is 0 Å². The van der Waals surface area contributed by atoms with Crippen molar-refractivity contribution in [3.8, 4) is 0 Å². The number of nitrogens with one attached hydrogen (secondary N) is 3. The predicted octanol–water partition coefficient (Wildman–Crippen LogP) is 1.15. The summed E-state index contributed by atoms with van der Waals surface area (Å²) in [4.78, 5) is 24.1. The van der Waals surface area contributed by atoms with Crippen molar-refractivity contribution in [2.75, 3.05) is 25.0 Å². The van der Waals surface area contributed by atoms with Crippen molar-refractivity contribution in [2.45, 2.75) is 6.42 Å². The van der Waals surface area contributed by atoms with Gasteiger partial charge in [-0.1, -0.05) is 18.2 Å². The molecule has 1 atom stereocenters. The second kappa shape index (κ2) is 6.86. The molecule has 0 radical (unpaired) electrons. The minimum Gasteiger partial charge on any atom is -0.349 e. The number of rotatable bonds is 5. The lowest BCUT2D eigenvalue weighted by Crippen LogP contribution is -2.28. The lowest BCUT2D eigenvalue weighted by Gasteiger charge is -2.13. The van der Waals surface area contributed by atoms with Crippen LogP contribution in [-0.2, 0) is 4.79 Å². The summed E-state index contributed by atoms with van der Waals surface area (Å²) in [6.45, 7) is 5.51. The van der Waals surface area contributed by atoms with Gasteiger partial charge in [0.1, 0.15) is 0 Å². The molecule has 0 spiro atoms. The Morgan fingerprint density at radius 1 is 1.40 bits per heavy atom. The van der Waals surface area contributed by atoms with Gasteiger partial charge in [-0.15, -0.1) is 6.58 Å². The highest BCUT2D eigenvalue weighted by Crippen LogP contribution is 2.17. The summed E-state index contributed by atoms with van der Waals surface area (Å²) in [5.74, 6) is -0.288. The van der Waals surface area contributed by atoms with E-state index in [2.05, 4.69) is 22.5 Å². The van der Waals surface area contributed by atoms with Crippen LogP contribution in [0.15, 0.2) is 36.9 Å². The van der Waals surface area contributed by atoms with Gasteiger partial charge in [-0.05, 0) is 25.1 Å². The molecule has 0 aliphatic carbocycles. The van der Waals surface area contributed by atoms with E-state index in [4.69, 9.17) is 0 Å². The Labute approximate surface area is 118 Å². The molecule has 106 valence electrons. The van der Waals surface area contributed by atoms with Crippen LogP contribution in [0.3, 0.4) is 0 Å². The molecule has 1 aliphatic heterocycles. The minimum atomic E-state index is -0.217. The number of carbonyl (C=O) groups is 2. The molecule has 0 aromatic heterocycles. The number of para-hydroxylation sites is 1. The summed E-state index contributed by atoms with van der Waals surface area (Å²) < 4.78 is 0. The zero-order valence-electron chi connectivity index (χ0n) is 11.3. The van der Waals surface area contributed by atoms with Gasteiger partial charge in [-0.2, -0.15) is 0 Å². The van der Waals surface area contributed by atoms with E-state index in [1.54, 1.807) is 30.3 Å². The average Bonchev–Trinajstić information content (AvgIpc) is 2.99. The lowest BCUT2D eigenvalue weighted by atomic mass is 10.1. The first kappa shape index (κ1) is 14.3. The number of anilines is 1. The molecule has 20 heavy (non-hydrogen) atoms. The fourth-order valence-corrected chi connectivity index (χ4v) is 2.16. The second-order valence-electron chi connectivity index (χ2n) is 4.72. The van der Waals surface area contributed by atoms with Crippen LogP contribution in [0.5, 0.6) is 0 Å². The third-order valence-corrected chi connectivity index (χ3v) is 3.27. The van der Waals surface area contributed by atoms with Crippen LogP contribution < -0.4 is 16.0 Å². The van der Waals surface area contributed by atoms with Gasteiger partial charge in [0.25, 0.3) is 5.91 Å². The number of benzene rings is 1. The quantitative estimate of drug-likeness (QED) is 0.705. The molecule has 0 saturated carbocycles. The maximum absolute atomic E-state index is 12.1. The monoisotopic (exact) mass is 273 g/mol. The fourth-order valence-electron chi connectivity index (χ4n) is 2.16. The summed E-state index contributed by atoms with van der Waals surface area (Å²) in [5, 5.41) is 8.71. The molecule has 1 saturated heterocycles. The Morgan fingerprint density at radius 2 is 2.20 bits per heavy atom. The third kappa shape index (κ3) is 3.45. The minimum absolute atomic E-state index is 0.0284. The van der Waals surface area contributed by atoms with Crippen molar-refractivity contribution < 1.29 is 9.59 Å². The van der Waals surface area contributed by atoms with E-state index in [1.807, 2.05) is 0 Å². The standard InChI is InChI=1S/C15H19N3O2/c1-2-8-17-15(20)12-5-3-4-6-13(12)18-14(19)11-7-9-16-10-11/h2-6,11,16H,1,7-10H2,(H,17,20)(H,18,19). The van der Waals surface area contributed by atoms with E-state index in [-0.39, 0.29) is 17.7 Å². The smallest absolute Gasteiger partial charge is 0.253 e. The summed E-state index contributed by atoms with van der Waals surface area (Å²) in [6.07, 6.45) is 2.44. The van der Waals surface area contributed by atoms with Crippen LogP contribution in [-0.4, -0.2) is 31.4 Å². The molecular formula is C15H19N3O2. The molecule has 1 fully saturated rings. The van der Waals surface area contributed by atoms with Gasteiger partial charge in [0.2, 0.25) is 5.91 Å². The molecule has 1 aromatic rings. The zero-order chi connectivity index (χ0) is 14.4. The predicted molar refractivity (Wildman–Crippen MR) is 78.6 cm³/mol. The van der Waals surface area contributed by atoms with E-state index in [0.29, 0.717) is 24.3 Å². The molecule has 1 aliphatic rings. The van der Waals surface area contributed by atoms with Crippen molar-refractivity contribution >= 4 is 17.5 Å². The van der Waals surface area contributed by atoms with Crippen molar-refractivity contribution in [1.82, 2.24) is 10.6 Å². The first-order valence-corrected chi connectivity index (χ1v) is 6.72. The topological polar surface area (TPSA) is 70.2 Å². The summed E-state index contributed by atoms with van der Waals surface area (Å²) in [7, 11) is 0. The number of carbonyl (C=O) groups excluding carboxylic acids is 2. The van der Waals surface area contributed by atoms with Gasteiger partial charge in [0.05, 0.1) is 17.2 Å². The maximum Gasteiger partial charge on any atom is 0.253 e. The normalized spacial score (nSPS) is 17.5. The Kier molecular flexibility index (Phi) is 4.90. The Hall–Kier alpha value is -2.14. The van der Waals surface area contributed by atoms with E-state index in [9.17, 15) is 9.59 Å². The fraction of sp³-hybridized carbons (Fsp3) is 0.333. The SMILES string of the molecule is C=CCNC(=O)c1ccccc1NC(=O)C1CCNC1. The molecule has 3 N–H and O–H groups in total. The highest BCUT2D eigenvalue weighted by atomic mass is 16.2. The molecule has 5 heteroatoms. The van der Waals surface area contributed by atoms with Crippen LogP contribution in [0.1, 0.15) is 16.8 Å². The van der Waals surface area contributed by atoms with Crippen LogP contribution >= 0.6 is 0 Å². The lowest BCUT2D eigenvalue weighted by molar-refractivity contribution is -0.119. The van der Waals surface area contributed by atoms with Crippen LogP contribution in [0.25, 0.3) is 0 Å². The van der Waals surface area contributed by atoms with Crippen molar-refractivity contribution in [3.63, 3.8) is 0 Å². The molecule has 0 bridgehead atoms. The van der Waals surface area contributed by atoms with Crippen molar-refractivity contribution in [2.24, 2.45) is 5.92 Å². The molecule has 2 rings (SSSR count). The largest absolute Gasteiger partial charge is 0.349 e.